The number of hydrogen-bond donors (Lipinski definition) is 1. The minimum atomic E-state index is -0.232. The summed E-state index contributed by atoms with van der Waals surface area (Å²) in [4.78, 5) is 27.4. The van der Waals surface area contributed by atoms with Gasteiger partial charge in [0.1, 0.15) is 19.0 Å². The summed E-state index contributed by atoms with van der Waals surface area (Å²) in [7, 11) is 0. The van der Waals surface area contributed by atoms with Crippen molar-refractivity contribution in [2.75, 3.05) is 19.6 Å². The zero-order chi connectivity index (χ0) is 22.2. The fraction of sp³-hybridized carbons (Fsp3) is 0.348. The number of esters is 1. The van der Waals surface area contributed by atoms with Crippen LogP contribution in [0.1, 0.15) is 50.0 Å². The first kappa shape index (κ1) is 20.3. The number of benzene rings is 1. The second kappa shape index (κ2) is 8.15. The van der Waals surface area contributed by atoms with Crippen molar-refractivity contribution >= 4 is 5.97 Å². The molecule has 4 heterocycles. The average molecular weight is 429 g/mol. The molecule has 0 radical (unpaired) electrons. The summed E-state index contributed by atoms with van der Waals surface area (Å²) in [5, 5.41) is 12.7. The lowest BCUT2D eigenvalue weighted by Gasteiger charge is -2.34. The van der Waals surface area contributed by atoms with Crippen LogP contribution >= 0.6 is 0 Å². The lowest BCUT2D eigenvalue weighted by molar-refractivity contribution is 0.0535. The lowest BCUT2D eigenvalue weighted by Crippen LogP contribution is -2.45. The van der Waals surface area contributed by atoms with Gasteiger partial charge in [-0.25, -0.2) is 19.7 Å². The minimum absolute atomic E-state index is 0.177. The SMILES string of the molecule is Cc1nc(-n2cnc(CN3CCN[C@H](c4ccc5c(c4C)COC5=O)C3)c2)ncc1C#N. The molecule has 5 rings (SSSR count). The molecule has 0 aliphatic carbocycles. The van der Waals surface area contributed by atoms with Crippen molar-refractivity contribution in [1.29, 1.82) is 5.26 Å². The third-order valence-corrected chi connectivity index (χ3v) is 6.18. The fourth-order valence-electron chi connectivity index (χ4n) is 4.38. The first-order chi connectivity index (χ1) is 15.5. The highest BCUT2D eigenvalue weighted by atomic mass is 16.5. The molecule has 0 amide bonds. The van der Waals surface area contributed by atoms with Crippen molar-refractivity contribution in [3.8, 4) is 12.0 Å². The Bertz CT molecular complexity index is 1240. The summed E-state index contributed by atoms with van der Waals surface area (Å²) >= 11 is 0. The molecule has 0 spiro atoms. The summed E-state index contributed by atoms with van der Waals surface area (Å²) in [6.07, 6.45) is 5.18. The Kier molecular flexibility index (Phi) is 5.17. The smallest absolute Gasteiger partial charge is 0.338 e. The number of piperazine rings is 1. The van der Waals surface area contributed by atoms with Crippen LogP contribution in [0.2, 0.25) is 0 Å². The molecule has 1 saturated heterocycles. The third kappa shape index (κ3) is 3.64. The number of nitrogens with zero attached hydrogens (tertiary/aromatic N) is 6. The Labute approximate surface area is 185 Å². The van der Waals surface area contributed by atoms with E-state index in [1.54, 1.807) is 17.8 Å². The zero-order valence-electron chi connectivity index (χ0n) is 18.0. The normalized spacial score (nSPS) is 18.3. The number of carbonyl (C=O) groups excluding carboxylic acids is 1. The molecule has 3 aromatic rings. The number of hydrogen-bond acceptors (Lipinski definition) is 8. The predicted octanol–water partition coefficient (Wildman–Crippen LogP) is 1.97. The van der Waals surface area contributed by atoms with E-state index in [0.717, 1.165) is 36.5 Å². The Morgan fingerprint density at radius 2 is 2.19 bits per heavy atom. The molecule has 162 valence electrons. The molecule has 1 aromatic carbocycles. The molecule has 1 N–H and O–H groups in total. The van der Waals surface area contributed by atoms with Gasteiger partial charge in [0.05, 0.1) is 28.7 Å². The van der Waals surface area contributed by atoms with Crippen molar-refractivity contribution in [2.45, 2.75) is 33.0 Å². The van der Waals surface area contributed by atoms with Gasteiger partial charge >= 0.3 is 5.97 Å². The summed E-state index contributed by atoms with van der Waals surface area (Å²) < 4.78 is 6.98. The number of nitriles is 1. The van der Waals surface area contributed by atoms with Crippen molar-refractivity contribution in [3.05, 3.63) is 70.1 Å². The molecule has 32 heavy (non-hydrogen) atoms. The van der Waals surface area contributed by atoms with Crippen molar-refractivity contribution in [3.63, 3.8) is 0 Å². The topological polar surface area (TPSA) is 109 Å². The quantitative estimate of drug-likeness (QED) is 0.627. The Hall–Kier alpha value is -3.61. The Balaban J connectivity index is 1.30. The van der Waals surface area contributed by atoms with E-state index < -0.39 is 0 Å². The standard InChI is InChI=1S/C23H23N7O2/c1-14-18(3-4-19-20(14)12-32-22(19)31)21-11-29(6-5-25-21)9-17-10-30(13-27-17)23-26-8-16(7-24)15(2)28-23/h3-4,8,10,13,21,25H,5-6,9,11-12H2,1-2H3/t21-/m0/s1. The number of fused-ring (bicyclic) bond motifs is 1. The number of ether oxygens (including phenoxy) is 1. The van der Waals surface area contributed by atoms with E-state index in [9.17, 15) is 4.79 Å². The van der Waals surface area contributed by atoms with Crippen LogP contribution in [0.4, 0.5) is 0 Å². The van der Waals surface area contributed by atoms with Gasteiger partial charge < -0.3 is 10.1 Å². The maximum absolute atomic E-state index is 11.8. The summed E-state index contributed by atoms with van der Waals surface area (Å²) in [5.41, 5.74) is 6.07. The van der Waals surface area contributed by atoms with Gasteiger partial charge in [0.15, 0.2) is 0 Å². The van der Waals surface area contributed by atoms with Crippen LogP contribution in [0.5, 0.6) is 0 Å². The van der Waals surface area contributed by atoms with Crippen molar-refractivity contribution < 1.29 is 9.53 Å². The van der Waals surface area contributed by atoms with E-state index in [-0.39, 0.29) is 12.0 Å². The average Bonchev–Trinajstić information content (AvgIpc) is 3.41. The molecular weight excluding hydrogens is 406 g/mol. The molecule has 1 fully saturated rings. The van der Waals surface area contributed by atoms with E-state index in [2.05, 4.69) is 38.2 Å². The Morgan fingerprint density at radius 3 is 3.00 bits per heavy atom. The van der Waals surface area contributed by atoms with Crippen LogP contribution < -0.4 is 5.32 Å². The number of nitrogens with one attached hydrogen (secondary N) is 1. The van der Waals surface area contributed by atoms with Gasteiger partial charge in [0, 0.05) is 44.0 Å². The van der Waals surface area contributed by atoms with E-state index >= 15 is 0 Å². The molecule has 0 bridgehead atoms. The fourth-order valence-corrected chi connectivity index (χ4v) is 4.38. The van der Waals surface area contributed by atoms with E-state index in [4.69, 9.17) is 10.00 Å². The molecule has 9 heteroatoms. The minimum Gasteiger partial charge on any atom is -0.457 e. The van der Waals surface area contributed by atoms with E-state index in [1.165, 1.54) is 11.8 Å². The van der Waals surface area contributed by atoms with Gasteiger partial charge in [0.25, 0.3) is 0 Å². The van der Waals surface area contributed by atoms with Crippen LogP contribution in [0.3, 0.4) is 0 Å². The van der Waals surface area contributed by atoms with Gasteiger partial charge in [-0.2, -0.15) is 5.26 Å². The highest BCUT2D eigenvalue weighted by Gasteiger charge is 2.28. The molecule has 1 atom stereocenters. The Morgan fingerprint density at radius 1 is 1.31 bits per heavy atom. The van der Waals surface area contributed by atoms with Crippen molar-refractivity contribution in [2.24, 2.45) is 0 Å². The van der Waals surface area contributed by atoms with Crippen LogP contribution in [0.15, 0.2) is 30.9 Å². The molecule has 0 saturated carbocycles. The molecule has 2 aliphatic rings. The maximum atomic E-state index is 11.8. The van der Waals surface area contributed by atoms with E-state index in [1.807, 2.05) is 18.3 Å². The van der Waals surface area contributed by atoms with Gasteiger partial charge in [0.2, 0.25) is 5.95 Å². The van der Waals surface area contributed by atoms with Crippen LogP contribution in [-0.4, -0.2) is 50.0 Å². The van der Waals surface area contributed by atoms with Crippen LogP contribution in [-0.2, 0) is 17.9 Å². The summed E-state index contributed by atoms with van der Waals surface area (Å²) in [6, 6.07) is 6.19. The number of rotatable bonds is 4. The number of imidazole rings is 1. The zero-order valence-corrected chi connectivity index (χ0v) is 18.0. The van der Waals surface area contributed by atoms with E-state index in [0.29, 0.717) is 35.9 Å². The highest BCUT2D eigenvalue weighted by molar-refractivity contribution is 5.94. The van der Waals surface area contributed by atoms with Gasteiger partial charge in [-0.3, -0.25) is 9.47 Å². The monoisotopic (exact) mass is 429 g/mol. The first-order valence-corrected chi connectivity index (χ1v) is 10.6. The van der Waals surface area contributed by atoms with Gasteiger partial charge in [-0.05, 0) is 31.0 Å². The molecule has 2 aromatic heterocycles. The molecule has 9 nitrogen and oxygen atoms in total. The molecule has 0 unspecified atom stereocenters. The first-order valence-electron chi connectivity index (χ1n) is 10.6. The van der Waals surface area contributed by atoms with Crippen LogP contribution in [0.25, 0.3) is 5.95 Å². The second-order valence-corrected chi connectivity index (χ2v) is 8.18. The number of carbonyl (C=O) groups is 1. The predicted molar refractivity (Wildman–Crippen MR) is 115 cm³/mol. The number of aryl methyl sites for hydroxylation is 1. The lowest BCUT2D eigenvalue weighted by atomic mass is 9.93. The second-order valence-electron chi connectivity index (χ2n) is 8.18. The highest BCUT2D eigenvalue weighted by Crippen LogP contribution is 2.30. The van der Waals surface area contributed by atoms with Gasteiger partial charge in [-0.15, -0.1) is 0 Å². The largest absolute Gasteiger partial charge is 0.457 e. The van der Waals surface area contributed by atoms with Crippen LogP contribution in [0, 0.1) is 25.2 Å². The van der Waals surface area contributed by atoms with Crippen molar-refractivity contribution in [1.82, 2.24) is 29.7 Å². The summed E-state index contributed by atoms with van der Waals surface area (Å²) in [6.45, 7) is 7.57. The third-order valence-electron chi connectivity index (χ3n) is 6.18. The number of aromatic nitrogens is 4. The summed E-state index contributed by atoms with van der Waals surface area (Å²) in [5.74, 6) is 0.272. The molecular formula is C23H23N7O2. The van der Waals surface area contributed by atoms with Gasteiger partial charge in [-0.1, -0.05) is 6.07 Å². The maximum Gasteiger partial charge on any atom is 0.338 e. The molecule has 2 aliphatic heterocycles. The number of cyclic esters (lactones) is 1.